The number of anilines is 2. The summed E-state index contributed by atoms with van der Waals surface area (Å²) in [7, 11) is 0. The molecule has 0 saturated heterocycles. The predicted octanol–water partition coefficient (Wildman–Crippen LogP) is 4.56. The number of nitro benzene ring substituents is 1. The maximum Gasteiger partial charge on any atom is 0.288 e. The van der Waals surface area contributed by atoms with E-state index in [9.17, 15) is 10.1 Å². The van der Waals surface area contributed by atoms with Crippen LogP contribution in [-0.4, -0.2) is 9.91 Å². The third kappa shape index (κ3) is 2.45. The fourth-order valence-electron chi connectivity index (χ4n) is 2.25. The molecule has 0 aliphatic carbocycles. The third-order valence-corrected chi connectivity index (χ3v) is 4.31. The minimum absolute atomic E-state index is 0.0968. The molecule has 3 rings (SSSR count). The van der Waals surface area contributed by atoms with E-state index in [1.807, 2.05) is 32.0 Å². The molecule has 0 bridgehead atoms. The fourth-order valence-corrected chi connectivity index (χ4v) is 3.21. The van der Waals surface area contributed by atoms with Crippen LogP contribution in [0.3, 0.4) is 0 Å². The lowest BCUT2D eigenvalue weighted by atomic mass is 10.1. The van der Waals surface area contributed by atoms with Crippen molar-refractivity contribution in [2.75, 3.05) is 5.32 Å². The summed E-state index contributed by atoms with van der Waals surface area (Å²) in [6.45, 7) is 4.04. The highest BCUT2D eigenvalue weighted by atomic mass is 32.1. The fraction of sp³-hybridized carbons (Fsp3) is 0.133. The van der Waals surface area contributed by atoms with Gasteiger partial charge in [0.05, 0.1) is 10.4 Å². The van der Waals surface area contributed by atoms with Crippen molar-refractivity contribution >= 4 is 38.1 Å². The second-order valence-electron chi connectivity index (χ2n) is 4.79. The number of aryl methyl sites for hydroxylation is 2. The average molecular weight is 299 g/mol. The molecule has 0 amide bonds. The van der Waals surface area contributed by atoms with Crippen molar-refractivity contribution in [2.24, 2.45) is 0 Å². The SMILES string of the molecule is Cc1cccc(C)c1Nc1nc2cccc([N+](=O)[O-])c2s1. The second-order valence-corrected chi connectivity index (χ2v) is 5.79. The molecule has 0 unspecified atom stereocenters. The topological polar surface area (TPSA) is 68.1 Å². The molecule has 21 heavy (non-hydrogen) atoms. The van der Waals surface area contributed by atoms with Gasteiger partial charge in [-0.25, -0.2) is 4.98 Å². The number of nitro groups is 1. The standard InChI is InChI=1S/C15H13N3O2S/c1-9-5-3-6-10(2)13(9)17-15-16-11-7-4-8-12(18(19)20)14(11)21-15/h3-8H,1-2H3,(H,16,17). The molecular formula is C15H13N3O2S. The first-order valence-electron chi connectivity index (χ1n) is 6.43. The molecule has 0 aliphatic rings. The Bertz CT molecular complexity index is 822. The molecule has 2 aromatic carbocycles. The highest BCUT2D eigenvalue weighted by molar-refractivity contribution is 7.22. The Hall–Kier alpha value is -2.47. The number of non-ortho nitro benzene ring substituents is 1. The molecule has 5 nitrogen and oxygen atoms in total. The summed E-state index contributed by atoms with van der Waals surface area (Å²) >= 11 is 1.30. The van der Waals surface area contributed by atoms with Gasteiger partial charge in [0.15, 0.2) is 5.13 Å². The Morgan fingerprint density at radius 1 is 1.14 bits per heavy atom. The molecule has 1 aromatic heterocycles. The Kier molecular flexibility index (Phi) is 3.31. The molecule has 0 aliphatic heterocycles. The molecule has 3 aromatic rings. The zero-order valence-corrected chi connectivity index (χ0v) is 12.4. The van der Waals surface area contributed by atoms with Crippen molar-refractivity contribution in [1.29, 1.82) is 0 Å². The number of para-hydroxylation sites is 1. The van der Waals surface area contributed by atoms with Crippen molar-refractivity contribution in [3.8, 4) is 0 Å². The van der Waals surface area contributed by atoms with E-state index in [4.69, 9.17) is 0 Å². The van der Waals surface area contributed by atoms with Gasteiger partial charge in [0.25, 0.3) is 5.69 Å². The quantitative estimate of drug-likeness (QED) is 0.568. The molecule has 0 atom stereocenters. The number of rotatable bonds is 3. The van der Waals surface area contributed by atoms with Crippen LogP contribution in [0.4, 0.5) is 16.5 Å². The third-order valence-electron chi connectivity index (χ3n) is 3.30. The summed E-state index contributed by atoms with van der Waals surface area (Å²) in [6, 6.07) is 11.0. The molecule has 106 valence electrons. The van der Waals surface area contributed by atoms with Crippen LogP contribution >= 0.6 is 11.3 Å². The Morgan fingerprint density at radius 2 is 1.81 bits per heavy atom. The minimum Gasteiger partial charge on any atom is -0.331 e. The number of hydrogen-bond acceptors (Lipinski definition) is 5. The normalized spacial score (nSPS) is 10.8. The summed E-state index contributed by atoms with van der Waals surface area (Å²) in [6.07, 6.45) is 0. The van der Waals surface area contributed by atoms with Crippen LogP contribution in [0.1, 0.15) is 11.1 Å². The van der Waals surface area contributed by atoms with E-state index in [0.717, 1.165) is 16.8 Å². The largest absolute Gasteiger partial charge is 0.331 e. The van der Waals surface area contributed by atoms with Crippen LogP contribution in [0.25, 0.3) is 10.2 Å². The van der Waals surface area contributed by atoms with Gasteiger partial charge in [-0.1, -0.05) is 35.6 Å². The summed E-state index contributed by atoms with van der Waals surface area (Å²) in [5, 5.41) is 15.0. The number of fused-ring (bicyclic) bond motifs is 1. The minimum atomic E-state index is -0.372. The first-order chi connectivity index (χ1) is 10.1. The first kappa shape index (κ1) is 13.5. The molecule has 0 saturated carbocycles. The Labute approximate surface area is 125 Å². The molecule has 0 spiro atoms. The monoisotopic (exact) mass is 299 g/mol. The van der Waals surface area contributed by atoms with E-state index in [-0.39, 0.29) is 10.6 Å². The van der Waals surface area contributed by atoms with Gasteiger partial charge in [-0.05, 0) is 31.0 Å². The van der Waals surface area contributed by atoms with Crippen molar-refractivity contribution in [2.45, 2.75) is 13.8 Å². The van der Waals surface area contributed by atoms with Crippen LogP contribution < -0.4 is 5.32 Å². The van der Waals surface area contributed by atoms with Crippen LogP contribution in [0.2, 0.25) is 0 Å². The number of thiazole rings is 1. The molecule has 6 heteroatoms. The van der Waals surface area contributed by atoms with Gasteiger partial charge >= 0.3 is 0 Å². The van der Waals surface area contributed by atoms with Crippen LogP contribution in [0.5, 0.6) is 0 Å². The summed E-state index contributed by atoms with van der Waals surface area (Å²) in [5.41, 5.74) is 3.97. The van der Waals surface area contributed by atoms with E-state index in [1.54, 1.807) is 12.1 Å². The maximum atomic E-state index is 11.1. The van der Waals surface area contributed by atoms with Crippen LogP contribution in [-0.2, 0) is 0 Å². The molecule has 1 heterocycles. The van der Waals surface area contributed by atoms with Gasteiger partial charge in [0.2, 0.25) is 0 Å². The lowest BCUT2D eigenvalue weighted by molar-refractivity contribution is -0.382. The molecule has 0 radical (unpaired) electrons. The number of nitrogens with one attached hydrogen (secondary N) is 1. The first-order valence-corrected chi connectivity index (χ1v) is 7.25. The number of aromatic nitrogens is 1. The molecule has 0 fully saturated rings. The van der Waals surface area contributed by atoms with Gasteiger partial charge in [-0.15, -0.1) is 0 Å². The number of benzene rings is 2. The van der Waals surface area contributed by atoms with Gasteiger partial charge in [0, 0.05) is 11.8 Å². The van der Waals surface area contributed by atoms with Crippen molar-refractivity contribution < 1.29 is 4.92 Å². The average Bonchev–Trinajstić information content (AvgIpc) is 2.85. The van der Waals surface area contributed by atoms with Gasteiger partial charge in [-0.2, -0.15) is 0 Å². The zero-order chi connectivity index (χ0) is 15.0. The molecular weight excluding hydrogens is 286 g/mol. The summed E-state index contributed by atoms with van der Waals surface area (Å²) < 4.78 is 0.594. The smallest absolute Gasteiger partial charge is 0.288 e. The maximum absolute atomic E-state index is 11.1. The zero-order valence-electron chi connectivity index (χ0n) is 11.6. The van der Waals surface area contributed by atoms with Gasteiger partial charge < -0.3 is 5.32 Å². The Balaban J connectivity index is 2.06. The highest BCUT2D eigenvalue weighted by Gasteiger charge is 2.16. The molecule has 1 N–H and O–H groups in total. The van der Waals surface area contributed by atoms with Crippen LogP contribution in [0, 0.1) is 24.0 Å². The van der Waals surface area contributed by atoms with E-state index in [2.05, 4.69) is 10.3 Å². The summed E-state index contributed by atoms with van der Waals surface area (Å²) in [5.74, 6) is 0. The Morgan fingerprint density at radius 3 is 2.48 bits per heavy atom. The van der Waals surface area contributed by atoms with E-state index >= 15 is 0 Å². The lowest BCUT2D eigenvalue weighted by Crippen LogP contribution is -1.94. The summed E-state index contributed by atoms with van der Waals surface area (Å²) in [4.78, 5) is 15.1. The van der Waals surface area contributed by atoms with Crippen molar-refractivity contribution in [3.63, 3.8) is 0 Å². The van der Waals surface area contributed by atoms with Crippen LogP contribution in [0.15, 0.2) is 36.4 Å². The van der Waals surface area contributed by atoms with Gasteiger partial charge in [0.1, 0.15) is 4.70 Å². The van der Waals surface area contributed by atoms with Gasteiger partial charge in [-0.3, -0.25) is 10.1 Å². The van der Waals surface area contributed by atoms with Crippen molar-refractivity contribution in [3.05, 3.63) is 57.6 Å². The van der Waals surface area contributed by atoms with E-state index in [0.29, 0.717) is 15.3 Å². The van der Waals surface area contributed by atoms with E-state index in [1.165, 1.54) is 17.4 Å². The second kappa shape index (κ2) is 5.14. The number of hydrogen-bond donors (Lipinski definition) is 1. The lowest BCUT2D eigenvalue weighted by Gasteiger charge is -2.09. The van der Waals surface area contributed by atoms with Crippen molar-refractivity contribution in [1.82, 2.24) is 4.98 Å². The van der Waals surface area contributed by atoms with E-state index < -0.39 is 0 Å². The predicted molar refractivity (Wildman–Crippen MR) is 85.5 cm³/mol. The highest BCUT2D eigenvalue weighted by Crippen LogP contribution is 2.35. The number of nitrogens with zero attached hydrogens (tertiary/aromatic N) is 2.